The summed E-state index contributed by atoms with van der Waals surface area (Å²) in [6.07, 6.45) is 6.20. The number of nitrogens with zero attached hydrogens (tertiary/aromatic N) is 2. The molecule has 14 heavy (non-hydrogen) atoms. The van der Waals surface area contributed by atoms with Crippen LogP contribution in [-0.2, 0) is 0 Å². The second-order valence-electron chi connectivity index (χ2n) is 4.13. The Morgan fingerprint density at radius 1 is 1.57 bits per heavy atom. The molecule has 3 nitrogen and oxygen atoms in total. The smallest absolute Gasteiger partial charge is 0.0786 e. The van der Waals surface area contributed by atoms with E-state index in [-0.39, 0.29) is 0 Å². The molecule has 1 aromatic rings. The van der Waals surface area contributed by atoms with Crippen LogP contribution in [0.2, 0.25) is 0 Å². The lowest BCUT2D eigenvalue weighted by atomic mass is 10.00. The minimum Gasteiger partial charge on any atom is -0.397 e. The minimum absolute atomic E-state index is 0.767. The van der Waals surface area contributed by atoms with Crippen LogP contribution in [0, 0.1) is 5.92 Å². The zero-order chi connectivity index (χ0) is 9.97. The molecular formula is C11H17N3. The molecule has 0 aliphatic carbocycles. The van der Waals surface area contributed by atoms with Crippen molar-refractivity contribution in [2.24, 2.45) is 5.92 Å². The van der Waals surface area contributed by atoms with Gasteiger partial charge in [0.1, 0.15) is 0 Å². The van der Waals surface area contributed by atoms with Gasteiger partial charge >= 0.3 is 0 Å². The molecule has 0 aromatic carbocycles. The van der Waals surface area contributed by atoms with Crippen LogP contribution < -0.4 is 10.6 Å². The summed E-state index contributed by atoms with van der Waals surface area (Å²) in [7, 11) is 0. The van der Waals surface area contributed by atoms with Crippen LogP contribution in [0.25, 0.3) is 0 Å². The van der Waals surface area contributed by atoms with Crippen LogP contribution in [-0.4, -0.2) is 18.1 Å². The van der Waals surface area contributed by atoms with Crippen LogP contribution in [0.15, 0.2) is 18.5 Å². The lowest BCUT2D eigenvalue weighted by Crippen LogP contribution is -2.34. The lowest BCUT2D eigenvalue weighted by Gasteiger charge is -2.33. The van der Waals surface area contributed by atoms with Crippen molar-refractivity contribution < 1.29 is 0 Å². The highest BCUT2D eigenvalue weighted by atomic mass is 15.1. The van der Waals surface area contributed by atoms with Crippen molar-refractivity contribution in [1.29, 1.82) is 0 Å². The second kappa shape index (κ2) is 3.86. The summed E-state index contributed by atoms with van der Waals surface area (Å²) in [5.74, 6) is 0.767. The minimum atomic E-state index is 0.767. The van der Waals surface area contributed by atoms with E-state index in [0.717, 1.165) is 30.4 Å². The zero-order valence-corrected chi connectivity index (χ0v) is 8.61. The number of aromatic nitrogens is 1. The molecular weight excluding hydrogens is 174 g/mol. The third kappa shape index (κ3) is 1.81. The molecule has 0 saturated carbocycles. The molecule has 0 spiro atoms. The molecule has 1 aromatic heterocycles. The van der Waals surface area contributed by atoms with Crippen molar-refractivity contribution in [1.82, 2.24) is 4.98 Å². The number of pyridine rings is 1. The molecule has 0 amide bonds. The molecule has 0 radical (unpaired) electrons. The molecule has 0 bridgehead atoms. The maximum atomic E-state index is 5.92. The molecule has 2 heterocycles. The van der Waals surface area contributed by atoms with Gasteiger partial charge in [0.05, 0.1) is 17.6 Å². The Kier molecular flexibility index (Phi) is 2.57. The molecule has 1 saturated heterocycles. The van der Waals surface area contributed by atoms with Crippen LogP contribution >= 0.6 is 0 Å². The standard InChI is InChI=1S/C11H17N3/c1-9-3-2-6-14(8-9)11-7-13-5-4-10(11)12/h4-5,7,9H,2-3,6,8H2,1H3,(H2,12,13). The third-order valence-electron chi connectivity index (χ3n) is 2.83. The fourth-order valence-corrected chi connectivity index (χ4v) is 2.07. The molecule has 1 aliphatic rings. The molecule has 1 unspecified atom stereocenters. The summed E-state index contributed by atoms with van der Waals surface area (Å²) in [6, 6.07) is 1.87. The van der Waals surface area contributed by atoms with Crippen LogP contribution in [0.5, 0.6) is 0 Å². The van der Waals surface area contributed by atoms with E-state index in [1.165, 1.54) is 12.8 Å². The van der Waals surface area contributed by atoms with Crippen LogP contribution in [0.4, 0.5) is 11.4 Å². The monoisotopic (exact) mass is 191 g/mol. The zero-order valence-electron chi connectivity index (χ0n) is 8.61. The Hall–Kier alpha value is -1.25. The number of hydrogen-bond acceptors (Lipinski definition) is 3. The van der Waals surface area contributed by atoms with Crippen molar-refractivity contribution in [2.75, 3.05) is 23.7 Å². The van der Waals surface area contributed by atoms with E-state index in [4.69, 9.17) is 5.73 Å². The lowest BCUT2D eigenvalue weighted by molar-refractivity contribution is 0.447. The Morgan fingerprint density at radius 2 is 2.43 bits per heavy atom. The third-order valence-corrected chi connectivity index (χ3v) is 2.83. The van der Waals surface area contributed by atoms with Crippen molar-refractivity contribution >= 4 is 11.4 Å². The van der Waals surface area contributed by atoms with Crippen molar-refractivity contribution in [3.05, 3.63) is 18.5 Å². The topological polar surface area (TPSA) is 42.2 Å². The SMILES string of the molecule is CC1CCCN(c2cnccc2N)C1. The van der Waals surface area contributed by atoms with Gasteiger partial charge in [0.2, 0.25) is 0 Å². The van der Waals surface area contributed by atoms with E-state index in [9.17, 15) is 0 Å². The molecule has 1 atom stereocenters. The summed E-state index contributed by atoms with van der Waals surface area (Å²) in [6.45, 7) is 4.51. The summed E-state index contributed by atoms with van der Waals surface area (Å²) in [4.78, 5) is 6.47. The van der Waals surface area contributed by atoms with E-state index in [1.807, 2.05) is 12.3 Å². The number of hydrogen-bond donors (Lipinski definition) is 1. The Bertz CT molecular complexity index is 311. The maximum Gasteiger partial charge on any atom is 0.0786 e. The normalized spacial score (nSPS) is 22.4. The first-order valence-electron chi connectivity index (χ1n) is 5.22. The van der Waals surface area contributed by atoms with Gasteiger partial charge in [0.25, 0.3) is 0 Å². The highest BCUT2D eigenvalue weighted by Crippen LogP contribution is 2.26. The molecule has 2 N–H and O–H groups in total. The van der Waals surface area contributed by atoms with Crippen molar-refractivity contribution in [3.8, 4) is 0 Å². The summed E-state index contributed by atoms with van der Waals surface area (Å²) >= 11 is 0. The summed E-state index contributed by atoms with van der Waals surface area (Å²) < 4.78 is 0. The summed E-state index contributed by atoms with van der Waals surface area (Å²) in [5, 5.41) is 0. The van der Waals surface area contributed by atoms with Gasteiger partial charge in [0, 0.05) is 19.3 Å². The second-order valence-corrected chi connectivity index (χ2v) is 4.13. The Morgan fingerprint density at radius 3 is 3.14 bits per heavy atom. The van der Waals surface area contributed by atoms with Gasteiger partial charge in [-0.15, -0.1) is 0 Å². The van der Waals surface area contributed by atoms with Gasteiger partial charge in [-0.3, -0.25) is 4.98 Å². The predicted octanol–water partition coefficient (Wildman–Crippen LogP) is 1.90. The van der Waals surface area contributed by atoms with E-state index in [0.29, 0.717) is 0 Å². The predicted molar refractivity (Wildman–Crippen MR) is 59.3 cm³/mol. The van der Waals surface area contributed by atoms with E-state index in [1.54, 1.807) is 6.20 Å². The number of rotatable bonds is 1. The fraction of sp³-hybridized carbons (Fsp3) is 0.545. The number of piperidine rings is 1. The van der Waals surface area contributed by atoms with Crippen LogP contribution in [0.1, 0.15) is 19.8 Å². The summed E-state index contributed by atoms with van der Waals surface area (Å²) in [5.41, 5.74) is 7.85. The largest absolute Gasteiger partial charge is 0.397 e. The highest BCUT2D eigenvalue weighted by Gasteiger charge is 2.17. The van der Waals surface area contributed by atoms with Gasteiger partial charge in [-0.25, -0.2) is 0 Å². The van der Waals surface area contributed by atoms with E-state index >= 15 is 0 Å². The highest BCUT2D eigenvalue weighted by molar-refractivity contribution is 5.65. The first-order valence-corrected chi connectivity index (χ1v) is 5.22. The Labute approximate surface area is 84.9 Å². The quantitative estimate of drug-likeness (QED) is 0.737. The molecule has 76 valence electrons. The van der Waals surface area contributed by atoms with Crippen molar-refractivity contribution in [3.63, 3.8) is 0 Å². The van der Waals surface area contributed by atoms with Gasteiger partial charge in [-0.1, -0.05) is 6.92 Å². The first kappa shape index (κ1) is 9.31. The van der Waals surface area contributed by atoms with Gasteiger partial charge < -0.3 is 10.6 Å². The maximum absolute atomic E-state index is 5.92. The molecule has 1 aliphatic heterocycles. The van der Waals surface area contributed by atoms with Crippen LogP contribution in [0.3, 0.4) is 0 Å². The van der Waals surface area contributed by atoms with E-state index < -0.39 is 0 Å². The van der Waals surface area contributed by atoms with Gasteiger partial charge in [-0.2, -0.15) is 0 Å². The molecule has 2 rings (SSSR count). The van der Waals surface area contributed by atoms with Crippen molar-refractivity contribution in [2.45, 2.75) is 19.8 Å². The fourth-order valence-electron chi connectivity index (χ4n) is 2.07. The van der Waals surface area contributed by atoms with E-state index in [2.05, 4.69) is 16.8 Å². The molecule has 3 heteroatoms. The van der Waals surface area contributed by atoms with Gasteiger partial charge in [0.15, 0.2) is 0 Å². The first-order chi connectivity index (χ1) is 6.77. The molecule has 1 fully saturated rings. The Balaban J connectivity index is 2.18. The number of anilines is 2. The average molecular weight is 191 g/mol. The average Bonchev–Trinajstić information content (AvgIpc) is 2.18. The number of nitrogen functional groups attached to an aromatic ring is 1. The number of nitrogens with two attached hydrogens (primary N) is 1. The van der Waals surface area contributed by atoms with Gasteiger partial charge in [-0.05, 0) is 24.8 Å².